The van der Waals surface area contributed by atoms with Gasteiger partial charge in [-0.05, 0) is 77.2 Å². The first-order chi connectivity index (χ1) is 16.7. The number of ether oxygens (including phenoxy) is 3. The Morgan fingerprint density at radius 1 is 0.676 bits per heavy atom. The highest BCUT2D eigenvalue weighted by atomic mass is 16.5. The second-order valence-corrected chi connectivity index (χ2v) is 7.92. The number of fused-ring (bicyclic) bond motifs is 1. The summed E-state index contributed by atoms with van der Waals surface area (Å²) in [5, 5.41) is 11.6. The maximum Gasteiger partial charge on any atom is 0.143 e. The van der Waals surface area contributed by atoms with E-state index in [1.54, 1.807) is 31.4 Å². The molecule has 4 heteroatoms. The molecule has 34 heavy (non-hydrogen) atoms. The van der Waals surface area contributed by atoms with Gasteiger partial charge in [-0.15, -0.1) is 0 Å². The van der Waals surface area contributed by atoms with Crippen LogP contribution in [-0.2, 0) is 6.61 Å². The van der Waals surface area contributed by atoms with Gasteiger partial charge in [0.25, 0.3) is 0 Å². The van der Waals surface area contributed by atoms with E-state index in [1.165, 1.54) is 0 Å². The van der Waals surface area contributed by atoms with Crippen LogP contribution in [0.25, 0.3) is 21.9 Å². The van der Waals surface area contributed by atoms with Crippen molar-refractivity contribution in [2.45, 2.75) is 6.61 Å². The van der Waals surface area contributed by atoms with Crippen molar-refractivity contribution in [1.82, 2.24) is 0 Å². The lowest BCUT2D eigenvalue weighted by Gasteiger charge is -2.16. The molecule has 0 aliphatic carbocycles. The highest BCUT2D eigenvalue weighted by Gasteiger charge is 2.14. The molecule has 0 radical (unpaired) electrons. The Morgan fingerprint density at radius 2 is 1.38 bits per heavy atom. The number of hydrogen-bond acceptors (Lipinski definition) is 4. The number of phenols is 1. The Balaban J connectivity index is 1.54. The van der Waals surface area contributed by atoms with Crippen LogP contribution in [0.15, 0.2) is 109 Å². The molecule has 5 aromatic carbocycles. The van der Waals surface area contributed by atoms with E-state index >= 15 is 0 Å². The molecule has 0 saturated carbocycles. The second kappa shape index (κ2) is 9.59. The van der Waals surface area contributed by atoms with Crippen molar-refractivity contribution in [3.63, 3.8) is 0 Å². The fourth-order valence-corrected chi connectivity index (χ4v) is 3.85. The molecule has 168 valence electrons. The first kappa shape index (κ1) is 21.4. The van der Waals surface area contributed by atoms with Crippen molar-refractivity contribution in [3.05, 3.63) is 115 Å². The van der Waals surface area contributed by atoms with E-state index in [0.29, 0.717) is 12.4 Å². The third-order valence-electron chi connectivity index (χ3n) is 5.65. The lowest BCUT2D eigenvalue weighted by atomic mass is 9.99. The fraction of sp³-hybridized carbons (Fsp3) is 0.0667. The highest BCUT2D eigenvalue weighted by Crippen LogP contribution is 2.41. The fourth-order valence-electron chi connectivity index (χ4n) is 3.85. The number of aromatic hydroxyl groups is 1. The molecule has 1 N–H and O–H groups in total. The Labute approximate surface area is 198 Å². The van der Waals surface area contributed by atoms with E-state index < -0.39 is 0 Å². The van der Waals surface area contributed by atoms with Gasteiger partial charge in [-0.3, -0.25) is 0 Å². The molecule has 0 bridgehead atoms. The summed E-state index contributed by atoms with van der Waals surface area (Å²) in [6.07, 6.45) is 0. The topological polar surface area (TPSA) is 47.9 Å². The summed E-state index contributed by atoms with van der Waals surface area (Å²) in [4.78, 5) is 0. The molecule has 0 spiro atoms. The number of methoxy groups -OCH3 is 1. The summed E-state index contributed by atoms with van der Waals surface area (Å²) in [5.74, 6) is 3.17. The van der Waals surface area contributed by atoms with Gasteiger partial charge in [-0.1, -0.05) is 48.5 Å². The first-order valence-electron chi connectivity index (χ1n) is 11.0. The van der Waals surface area contributed by atoms with Crippen LogP contribution in [0.5, 0.6) is 28.7 Å². The van der Waals surface area contributed by atoms with Gasteiger partial charge in [0, 0.05) is 10.9 Å². The van der Waals surface area contributed by atoms with Gasteiger partial charge in [-0.2, -0.15) is 0 Å². The maximum absolute atomic E-state index is 9.66. The van der Waals surface area contributed by atoms with Crippen LogP contribution in [0.4, 0.5) is 0 Å². The smallest absolute Gasteiger partial charge is 0.143 e. The average Bonchev–Trinajstić information content (AvgIpc) is 2.89. The van der Waals surface area contributed by atoms with Crippen LogP contribution in [0, 0.1) is 0 Å². The number of phenolic OH excluding ortho intramolecular Hbond substituents is 1. The van der Waals surface area contributed by atoms with Crippen LogP contribution in [-0.4, -0.2) is 12.2 Å². The molecule has 0 saturated heterocycles. The SMILES string of the molecule is COc1ccc(-c2ccc3cc(OCc4ccccc4)ccc3c2Oc2ccc(O)cc2)cc1. The zero-order valence-corrected chi connectivity index (χ0v) is 18.8. The zero-order valence-electron chi connectivity index (χ0n) is 18.8. The molecular weight excluding hydrogens is 424 g/mol. The minimum Gasteiger partial charge on any atom is -0.508 e. The van der Waals surface area contributed by atoms with E-state index in [2.05, 4.69) is 12.1 Å². The van der Waals surface area contributed by atoms with Crippen molar-refractivity contribution in [2.75, 3.05) is 7.11 Å². The van der Waals surface area contributed by atoms with Crippen molar-refractivity contribution in [1.29, 1.82) is 0 Å². The predicted molar refractivity (Wildman–Crippen MR) is 135 cm³/mol. The molecule has 0 atom stereocenters. The quantitative estimate of drug-likeness (QED) is 0.279. The summed E-state index contributed by atoms with van der Waals surface area (Å²) < 4.78 is 17.7. The van der Waals surface area contributed by atoms with Gasteiger partial charge >= 0.3 is 0 Å². The average molecular weight is 449 g/mol. The third kappa shape index (κ3) is 4.66. The minimum atomic E-state index is 0.195. The van der Waals surface area contributed by atoms with Crippen molar-refractivity contribution in [3.8, 4) is 39.9 Å². The molecule has 0 aliphatic heterocycles. The van der Waals surface area contributed by atoms with Crippen LogP contribution in [0.2, 0.25) is 0 Å². The van der Waals surface area contributed by atoms with Gasteiger partial charge in [0.05, 0.1) is 7.11 Å². The summed E-state index contributed by atoms with van der Waals surface area (Å²) >= 11 is 0. The summed E-state index contributed by atoms with van der Waals surface area (Å²) in [7, 11) is 1.65. The van der Waals surface area contributed by atoms with Crippen LogP contribution in [0.1, 0.15) is 5.56 Å². The zero-order chi connectivity index (χ0) is 23.3. The highest BCUT2D eigenvalue weighted by molar-refractivity contribution is 5.96. The summed E-state index contributed by atoms with van der Waals surface area (Å²) in [6, 6.07) is 34.9. The third-order valence-corrected chi connectivity index (χ3v) is 5.65. The number of benzene rings is 5. The van der Waals surface area contributed by atoms with Gasteiger partial charge < -0.3 is 19.3 Å². The molecular formula is C30H24O4. The molecule has 0 unspecified atom stereocenters. The molecule has 4 nitrogen and oxygen atoms in total. The van der Waals surface area contributed by atoms with Crippen molar-refractivity contribution < 1.29 is 19.3 Å². The lowest BCUT2D eigenvalue weighted by molar-refractivity contribution is 0.306. The van der Waals surface area contributed by atoms with E-state index in [1.807, 2.05) is 72.8 Å². The second-order valence-electron chi connectivity index (χ2n) is 7.92. The standard InChI is InChI=1S/C30H24O4/c1-32-25-12-7-22(8-13-25)28-17-9-23-19-27(33-20-21-5-3-2-4-6-21)16-18-29(23)30(28)34-26-14-10-24(31)11-15-26/h2-19,31H,20H2,1H3. The molecule has 5 aromatic rings. The van der Waals surface area contributed by atoms with Gasteiger partial charge in [0.15, 0.2) is 0 Å². The van der Waals surface area contributed by atoms with Crippen LogP contribution < -0.4 is 14.2 Å². The summed E-state index contributed by atoms with van der Waals surface area (Å²) in [6.45, 7) is 0.507. The first-order valence-corrected chi connectivity index (χ1v) is 11.0. The van der Waals surface area contributed by atoms with Gasteiger partial charge in [-0.25, -0.2) is 0 Å². The van der Waals surface area contributed by atoms with Crippen molar-refractivity contribution >= 4 is 10.8 Å². The predicted octanol–water partition coefficient (Wildman–Crippen LogP) is 7.59. The Kier molecular flexibility index (Phi) is 6.04. The normalized spacial score (nSPS) is 10.7. The van der Waals surface area contributed by atoms with E-state index in [-0.39, 0.29) is 5.75 Å². The van der Waals surface area contributed by atoms with E-state index in [9.17, 15) is 5.11 Å². The maximum atomic E-state index is 9.66. The van der Waals surface area contributed by atoms with E-state index in [4.69, 9.17) is 14.2 Å². The molecule has 0 fully saturated rings. The molecule has 0 aromatic heterocycles. The molecule has 0 amide bonds. The lowest BCUT2D eigenvalue weighted by Crippen LogP contribution is -1.95. The number of hydrogen-bond donors (Lipinski definition) is 1. The van der Waals surface area contributed by atoms with Crippen molar-refractivity contribution in [2.24, 2.45) is 0 Å². The van der Waals surface area contributed by atoms with Crippen LogP contribution >= 0.6 is 0 Å². The molecule has 0 heterocycles. The summed E-state index contributed by atoms with van der Waals surface area (Å²) in [5.41, 5.74) is 3.09. The minimum absolute atomic E-state index is 0.195. The van der Waals surface area contributed by atoms with Gasteiger partial charge in [0.2, 0.25) is 0 Å². The van der Waals surface area contributed by atoms with Gasteiger partial charge in [0.1, 0.15) is 35.4 Å². The molecule has 0 aliphatic rings. The Morgan fingerprint density at radius 3 is 2.12 bits per heavy atom. The number of rotatable bonds is 7. The van der Waals surface area contributed by atoms with Crippen LogP contribution in [0.3, 0.4) is 0 Å². The Bertz CT molecular complexity index is 1390. The van der Waals surface area contributed by atoms with E-state index in [0.717, 1.165) is 44.7 Å². The Hall–Kier alpha value is -4.44. The largest absolute Gasteiger partial charge is 0.508 e. The molecule has 5 rings (SSSR count). The monoisotopic (exact) mass is 448 g/mol.